The highest BCUT2D eigenvalue weighted by atomic mass is 32.2. The van der Waals surface area contributed by atoms with E-state index in [2.05, 4.69) is 4.98 Å². The third-order valence-corrected chi connectivity index (χ3v) is 7.04. The van der Waals surface area contributed by atoms with Gasteiger partial charge in [0.15, 0.2) is 0 Å². The van der Waals surface area contributed by atoms with Crippen LogP contribution in [0, 0.1) is 26.6 Å². The third-order valence-electron chi connectivity index (χ3n) is 5.14. The Morgan fingerprint density at radius 1 is 1.03 bits per heavy atom. The summed E-state index contributed by atoms with van der Waals surface area (Å²) in [7, 11) is -2.70. The topological polar surface area (TPSA) is 113 Å². The largest absolute Gasteiger partial charge is 0.364 e. The molecule has 0 aliphatic heterocycles. The first kappa shape index (κ1) is 23.2. The van der Waals surface area contributed by atoms with Gasteiger partial charge in [-0.05, 0) is 55.7 Å². The Morgan fingerprint density at radius 3 is 2.19 bits per heavy atom. The molecule has 0 spiro atoms. The minimum absolute atomic E-state index is 0.00156. The Morgan fingerprint density at radius 2 is 1.62 bits per heavy atom. The van der Waals surface area contributed by atoms with E-state index in [1.54, 1.807) is 32.0 Å². The Kier molecular flexibility index (Phi) is 6.23. The molecule has 0 aliphatic rings. The first-order chi connectivity index (χ1) is 14.9. The van der Waals surface area contributed by atoms with E-state index in [1.165, 1.54) is 37.1 Å². The number of nitrogens with one attached hydrogen (secondary N) is 1. The number of aromatic amines is 1. The zero-order valence-electron chi connectivity index (χ0n) is 18.2. The molecule has 3 N–H and O–H groups in total. The molecule has 0 atom stereocenters. The van der Waals surface area contributed by atoms with Crippen molar-refractivity contribution in [1.82, 2.24) is 9.88 Å². The number of nitrogens with two attached hydrogens (primary N) is 1. The maximum atomic E-state index is 14.0. The lowest BCUT2D eigenvalue weighted by Gasteiger charge is -2.17. The van der Waals surface area contributed by atoms with Crippen molar-refractivity contribution in [2.75, 3.05) is 7.05 Å². The molecule has 0 saturated heterocycles. The maximum absolute atomic E-state index is 14.0. The number of carbonyl (C=O) groups excluding carboxylic acids is 2. The summed E-state index contributed by atoms with van der Waals surface area (Å²) >= 11 is 0. The summed E-state index contributed by atoms with van der Waals surface area (Å²) in [6.07, 6.45) is 0. The molecule has 168 valence electrons. The molecule has 0 bridgehead atoms. The summed E-state index contributed by atoms with van der Waals surface area (Å²) in [6, 6.07) is 10.8. The molecular formula is C23H24FN3O4S. The van der Waals surface area contributed by atoms with Gasteiger partial charge < -0.3 is 15.6 Å². The van der Waals surface area contributed by atoms with Crippen LogP contribution in [0.15, 0.2) is 52.3 Å². The van der Waals surface area contributed by atoms with Gasteiger partial charge >= 0.3 is 0 Å². The zero-order valence-corrected chi connectivity index (χ0v) is 19.0. The Balaban J connectivity index is 2.09. The number of aromatic nitrogens is 1. The van der Waals surface area contributed by atoms with E-state index in [1.807, 2.05) is 6.07 Å². The average Bonchev–Trinajstić information content (AvgIpc) is 3.06. The van der Waals surface area contributed by atoms with Crippen LogP contribution in [-0.2, 0) is 16.4 Å². The number of nitrogens with zero attached hydrogens (tertiary/aromatic N) is 1. The monoisotopic (exact) mass is 457 g/mol. The standard InChI is InChI=1S/C23H24FN3O4S/c1-13-9-14(2)11-17(10-13)32(30,31)21-15(3)19(26-20(21)22(25)28)23(29)27(4)12-16-7-5-6-8-18(16)24/h5-11,26H,12H2,1-4H3,(H2,25,28). The number of hydrogen-bond donors (Lipinski definition) is 2. The van der Waals surface area contributed by atoms with Crippen LogP contribution >= 0.6 is 0 Å². The van der Waals surface area contributed by atoms with Gasteiger partial charge in [-0.1, -0.05) is 24.3 Å². The van der Waals surface area contributed by atoms with Gasteiger partial charge in [-0.3, -0.25) is 9.59 Å². The molecule has 32 heavy (non-hydrogen) atoms. The van der Waals surface area contributed by atoms with Crippen LogP contribution in [0.5, 0.6) is 0 Å². The van der Waals surface area contributed by atoms with Gasteiger partial charge in [-0.15, -0.1) is 0 Å². The quantitative estimate of drug-likeness (QED) is 0.591. The van der Waals surface area contributed by atoms with E-state index in [0.717, 1.165) is 11.1 Å². The highest BCUT2D eigenvalue weighted by Crippen LogP contribution is 2.31. The van der Waals surface area contributed by atoms with Crippen LogP contribution in [0.25, 0.3) is 0 Å². The van der Waals surface area contributed by atoms with Crippen molar-refractivity contribution in [3.05, 3.63) is 81.9 Å². The number of aryl methyl sites for hydroxylation is 2. The number of H-pyrrole nitrogens is 1. The summed E-state index contributed by atoms with van der Waals surface area (Å²) in [5.41, 5.74) is 6.81. The Labute approximate surface area is 186 Å². The minimum Gasteiger partial charge on any atom is -0.364 e. The number of primary amides is 1. The lowest BCUT2D eigenvalue weighted by atomic mass is 10.2. The first-order valence-electron chi connectivity index (χ1n) is 9.78. The van der Waals surface area contributed by atoms with Crippen LogP contribution in [0.2, 0.25) is 0 Å². The fraction of sp³-hybridized carbons (Fsp3) is 0.217. The van der Waals surface area contributed by atoms with Crippen LogP contribution in [0.3, 0.4) is 0 Å². The summed E-state index contributed by atoms with van der Waals surface area (Å²) in [4.78, 5) is 28.6. The summed E-state index contributed by atoms with van der Waals surface area (Å²) in [5, 5.41) is 0. The van der Waals surface area contributed by atoms with Crippen LogP contribution in [0.4, 0.5) is 4.39 Å². The number of carbonyl (C=O) groups is 2. The molecule has 7 nitrogen and oxygen atoms in total. The van der Waals surface area contributed by atoms with Crippen LogP contribution in [0.1, 0.15) is 43.2 Å². The van der Waals surface area contributed by atoms with Gasteiger partial charge in [0.1, 0.15) is 22.1 Å². The highest BCUT2D eigenvalue weighted by Gasteiger charge is 2.33. The summed E-state index contributed by atoms with van der Waals surface area (Å²) < 4.78 is 40.8. The van der Waals surface area contributed by atoms with Gasteiger partial charge in [0.2, 0.25) is 9.84 Å². The molecule has 3 aromatic rings. The van der Waals surface area contributed by atoms with Gasteiger partial charge in [0.25, 0.3) is 11.8 Å². The molecule has 0 fully saturated rings. The first-order valence-corrected chi connectivity index (χ1v) is 11.3. The van der Waals surface area contributed by atoms with Gasteiger partial charge in [-0.25, -0.2) is 12.8 Å². The minimum atomic E-state index is -4.16. The lowest BCUT2D eigenvalue weighted by molar-refractivity contribution is 0.0778. The Hall–Kier alpha value is -3.46. The molecule has 9 heteroatoms. The van der Waals surface area contributed by atoms with Crippen molar-refractivity contribution in [2.24, 2.45) is 5.73 Å². The third kappa shape index (κ3) is 4.29. The Bertz CT molecular complexity index is 1310. The predicted octanol–water partition coefficient (Wildman–Crippen LogP) is 3.28. The molecule has 0 radical (unpaired) electrons. The number of sulfone groups is 1. The van der Waals surface area contributed by atoms with E-state index < -0.39 is 27.5 Å². The number of rotatable bonds is 6. The molecule has 1 aromatic heterocycles. The smallest absolute Gasteiger partial charge is 0.270 e. The fourth-order valence-electron chi connectivity index (χ4n) is 3.65. The SMILES string of the molecule is Cc1cc(C)cc(S(=O)(=O)c2c(C(N)=O)[nH]c(C(=O)N(C)Cc3ccccc3F)c2C)c1. The molecule has 1 heterocycles. The summed E-state index contributed by atoms with van der Waals surface area (Å²) in [5.74, 6) is -2.08. The van der Waals surface area contributed by atoms with Crippen molar-refractivity contribution >= 4 is 21.7 Å². The van der Waals surface area contributed by atoms with Crippen LogP contribution in [-0.4, -0.2) is 37.2 Å². The van der Waals surface area contributed by atoms with Gasteiger partial charge in [0.05, 0.1) is 4.90 Å². The molecule has 3 rings (SSSR count). The number of halogens is 1. The second-order valence-corrected chi connectivity index (χ2v) is 9.66. The molecule has 2 amide bonds. The lowest BCUT2D eigenvalue weighted by Crippen LogP contribution is -2.27. The van der Waals surface area contributed by atoms with Gasteiger partial charge in [0, 0.05) is 19.2 Å². The molecule has 2 aromatic carbocycles. The fourth-order valence-corrected chi connectivity index (χ4v) is 5.49. The van der Waals surface area contributed by atoms with Crippen molar-refractivity contribution in [1.29, 1.82) is 0 Å². The molecule has 0 unspecified atom stereocenters. The molecule has 0 saturated carbocycles. The molecule has 0 aliphatic carbocycles. The van der Waals surface area contributed by atoms with Gasteiger partial charge in [-0.2, -0.15) is 0 Å². The van der Waals surface area contributed by atoms with E-state index in [-0.39, 0.29) is 33.3 Å². The van der Waals surface area contributed by atoms with E-state index in [9.17, 15) is 22.4 Å². The maximum Gasteiger partial charge on any atom is 0.270 e. The van der Waals surface area contributed by atoms with Crippen molar-refractivity contribution in [2.45, 2.75) is 37.1 Å². The summed E-state index contributed by atoms with van der Waals surface area (Å²) in [6.45, 7) is 4.91. The van der Waals surface area contributed by atoms with Crippen molar-refractivity contribution in [3.8, 4) is 0 Å². The number of hydrogen-bond acceptors (Lipinski definition) is 4. The predicted molar refractivity (Wildman–Crippen MR) is 118 cm³/mol. The normalized spacial score (nSPS) is 11.4. The second kappa shape index (κ2) is 8.58. The highest BCUT2D eigenvalue weighted by molar-refractivity contribution is 7.91. The van der Waals surface area contributed by atoms with Crippen molar-refractivity contribution in [3.63, 3.8) is 0 Å². The number of benzene rings is 2. The van der Waals surface area contributed by atoms with E-state index in [0.29, 0.717) is 5.56 Å². The van der Waals surface area contributed by atoms with Crippen molar-refractivity contribution < 1.29 is 22.4 Å². The van der Waals surface area contributed by atoms with E-state index >= 15 is 0 Å². The van der Waals surface area contributed by atoms with Crippen LogP contribution < -0.4 is 5.73 Å². The average molecular weight is 458 g/mol. The molecular weight excluding hydrogens is 433 g/mol. The number of amides is 2. The zero-order chi connectivity index (χ0) is 23.8. The van der Waals surface area contributed by atoms with E-state index in [4.69, 9.17) is 5.73 Å². The second-order valence-electron chi connectivity index (χ2n) is 7.77.